The predicted octanol–water partition coefficient (Wildman–Crippen LogP) is -0.707. The molecule has 0 aromatic carbocycles. The zero-order chi connectivity index (χ0) is 6.41. The molecule has 0 N–H and O–H groups in total. The maximum atomic E-state index is 4.87. The van der Waals surface area contributed by atoms with Gasteiger partial charge in [-0.2, -0.15) is 0 Å². The van der Waals surface area contributed by atoms with Gasteiger partial charge in [-0.1, -0.05) is 0 Å². The van der Waals surface area contributed by atoms with E-state index in [9.17, 15) is 0 Å². The van der Waals surface area contributed by atoms with E-state index in [-0.39, 0.29) is 5.91 Å². The van der Waals surface area contributed by atoms with Gasteiger partial charge in [0.15, 0.2) is 5.91 Å². The standard InChI is InChI=1S/C4H12O3Si/c1-5-4(6-2)8-7-3/h4H,8H2,1-3H3. The van der Waals surface area contributed by atoms with Gasteiger partial charge in [-0.15, -0.1) is 0 Å². The summed E-state index contributed by atoms with van der Waals surface area (Å²) >= 11 is 0. The molecule has 0 aliphatic rings. The average molecular weight is 136 g/mol. The van der Waals surface area contributed by atoms with E-state index in [1.807, 2.05) is 0 Å². The monoisotopic (exact) mass is 136 g/mol. The van der Waals surface area contributed by atoms with Crippen LogP contribution in [-0.2, 0) is 13.9 Å². The van der Waals surface area contributed by atoms with E-state index in [2.05, 4.69) is 0 Å². The minimum atomic E-state index is -0.609. The molecular formula is C4H12O3Si. The highest BCUT2D eigenvalue weighted by molar-refractivity contribution is 6.28. The van der Waals surface area contributed by atoms with Crippen LogP contribution in [0, 0.1) is 0 Å². The molecular weight excluding hydrogens is 124 g/mol. The Kier molecular flexibility index (Phi) is 5.30. The van der Waals surface area contributed by atoms with Crippen LogP contribution in [0.15, 0.2) is 0 Å². The summed E-state index contributed by atoms with van der Waals surface area (Å²) in [6.07, 6.45) is 0. The Hall–Kier alpha value is 0.0969. The third-order valence-corrected chi connectivity index (χ3v) is 2.10. The summed E-state index contributed by atoms with van der Waals surface area (Å²) in [5, 5.41) is 0. The number of ether oxygens (including phenoxy) is 2. The Bertz CT molecular complexity index is 46.5. The molecule has 0 aromatic rings. The van der Waals surface area contributed by atoms with Crippen LogP contribution >= 0.6 is 0 Å². The fraction of sp³-hybridized carbons (Fsp3) is 1.00. The topological polar surface area (TPSA) is 27.7 Å². The van der Waals surface area contributed by atoms with Gasteiger partial charge in [-0.25, -0.2) is 0 Å². The van der Waals surface area contributed by atoms with Crippen molar-refractivity contribution in [2.24, 2.45) is 0 Å². The van der Waals surface area contributed by atoms with E-state index in [1.54, 1.807) is 21.3 Å². The molecule has 8 heavy (non-hydrogen) atoms. The molecule has 0 saturated carbocycles. The van der Waals surface area contributed by atoms with Crippen molar-refractivity contribution in [1.82, 2.24) is 0 Å². The van der Waals surface area contributed by atoms with E-state index < -0.39 is 9.76 Å². The quantitative estimate of drug-likeness (QED) is 0.377. The second kappa shape index (κ2) is 5.24. The van der Waals surface area contributed by atoms with Crippen molar-refractivity contribution in [3.63, 3.8) is 0 Å². The van der Waals surface area contributed by atoms with Crippen molar-refractivity contribution in [2.45, 2.75) is 5.91 Å². The lowest BCUT2D eigenvalue weighted by Crippen LogP contribution is -2.22. The number of rotatable bonds is 4. The summed E-state index contributed by atoms with van der Waals surface area (Å²) in [5.41, 5.74) is 0. The van der Waals surface area contributed by atoms with Crippen LogP contribution in [-0.4, -0.2) is 37.0 Å². The summed E-state index contributed by atoms with van der Waals surface area (Å²) in [7, 11) is 4.28. The molecule has 0 saturated heterocycles. The lowest BCUT2D eigenvalue weighted by atomic mass is 11.3. The van der Waals surface area contributed by atoms with Crippen LogP contribution < -0.4 is 0 Å². The van der Waals surface area contributed by atoms with Crippen molar-refractivity contribution in [3.8, 4) is 0 Å². The lowest BCUT2D eigenvalue weighted by Gasteiger charge is -2.09. The van der Waals surface area contributed by atoms with Gasteiger partial charge in [-0.3, -0.25) is 0 Å². The van der Waals surface area contributed by atoms with Crippen molar-refractivity contribution in [2.75, 3.05) is 21.3 Å². The minimum Gasteiger partial charge on any atom is -0.421 e. The summed E-state index contributed by atoms with van der Waals surface area (Å²) < 4.78 is 14.6. The van der Waals surface area contributed by atoms with E-state index in [1.165, 1.54) is 0 Å². The van der Waals surface area contributed by atoms with Crippen molar-refractivity contribution in [3.05, 3.63) is 0 Å². The van der Waals surface area contributed by atoms with Crippen LogP contribution in [0.2, 0.25) is 0 Å². The van der Waals surface area contributed by atoms with E-state index >= 15 is 0 Å². The van der Waals surface area contributed by atoms with Crippen LogP contribution in [0.4, 0.5) is 0 Å². The van der Waals surface area contributed by atoms with Crippen molar-refractivity contribution >= 4 is 9.76 Å². The van der Waals surface area contributed by atoms with Gasteiger partial charge in [0.1, 0.15) is 0 Å². The summed E-state index contributed by atoms with van der Waals surface area (Å²) in [4.78, 5) is 0. The van der Waals surface area contributed by atoms with E-state index in [0.717, 1.165) is 0 Å². The summed E-state index contributed by atoms with van der Waals surface area (Å²) in [6.45, 7) is 0. The Morgan fingerprint density at radius 1 is 1.12 bits per heavy atom. The summed E-state index contributed by atoms with van der Waals surface area (Å²) in [6, 6.07) is 0. The summed E-state index contributed by atoms with van der Waals surface area (Å²) in [5.74, 6) is -0.0833. The molecule has 0 radical (unpaired) electrons. The molecule has 50 valence electrons. The molecule has 0 rings (SSSR count). The number of hydrogen-bond acceptors (Lipinski definition) is 3. The van der Waals surface area contributed by atoms with Crippen LogP contribution in [0.3, 0.4) is 0 Å². The van der Waals surface area contributed by atoms with Crippen LogP contribution in [0.5, 0.6) is 0 Å². The first-order valence-electron chi connectivity index (χ1n) is 2.39. The molecule has 0 heterocycles. The third kappa shape index (κ3) is 3.14. The third-order valence-electron chi connectivity index (χ3n) is 0.829. The Balaban J connectivity index is 3.07. The van der Waals surface area contributed by atoms with Crippen LogP contribution in [0.25, 0.3) is 0 Å². The molecule has 0 bridgehead atoms. The molecule has 0 aromatic heterocycles. The molecule has 3 nitrogen and oxygen atoms in total. The highest BCUT2D eigenvalue weighted by atomic mass is 28.2. The van der Waals surface area contributed by atoms with Gasteiger partial charge in [0.25, 0.3) is 0 Å². The van der Waals surface area contributed by atoms with Gasteiger partial charge >= 0.3 is 0 Å². The fourth-order valence-corrected chi connectivity index (χ4v) is 0.913. The Morgan fingerprint density at radius 2 is 1.62 bits per heavy atom. The molecule has 0 unspecified atom stereocenters. The molecule has 0 amide bonds. The average Bonchev–Trinajstić information content (AvgIpc) is 1.83. The highest BCUT2D eigenvalue weighted by Gasteiger charge is 2.02. The van der Waals surface area contributed by atoms with Gasteiger partial charge in [-0.05, 0) is 0 Å². The normalized spacial score (nSPS) is 12.0. The molecule has 0 atom stereocenters. The van der Waals surface area contributed by atoms with E-state index in [0.29, 0.717) is 0 Å². The van der Waals surface area contributed by atoms with Crippen LogP contribution in [0.1, 0.15) is 0 Å². The number of hydrogen-bond donors (Lipinski definition) is 0. The second-order valence-electron chi connectivity index (χ2n) is 1.36. The predicted molar refractivity (Wildman–Crippen MR) is 33.4 cm³/mol. The smallest absolute Gasteiger partial charge is 0.223 e. The minimum absolute atomic E-state index is 0.0833. The van der Waals surface area contributed by atoms with Crippen molar-refractivity contribution in [1.29, 1.82) is 0 Å². The second-order valence-corrected chi connectivity index (χ2v) is 2.93. The fourth-order valence-electron chi connectivity index (χ4n) is 0.368. The Labute approximate surface area is 51.9 Å². The van der Waals surface area contributed by atoms with Crippen molar-refractivity contribution < 1.29 is 13.9 Å². The largest absolute Gasteiger partial charge is 0.421 e. The first-order valence-corrected chi connectivity index (χ1v) is 3.79. The molecule has 0 spiro atoms. The first kappa shape index (κ1) is 8.10. The zero-order valence-electron chi connectivity index (χ0n) is 5.51. The molecule has 0 aliphatic carbocycles. The lowest BCUT2D eigenvalue weighted by molar-refractivity contribution is -0.0513. The molecule has 4 heteroatoms. The van der Waals surface area contributed by atoms with Gasteiger partial charge < -0.3 is 13.9 Å². The highest BCUT2D eigenvalue weighted by Crippen LogP contribution is 1.85. The number of methoxy groups -OCH3 is 2. The molecule has 0 fully saturated rings. The van der Waals surface area contributed by atoms with E-state index in [4.69, 9.17) is 13.9 Å². The van der Waals surface area contributed by atoms with Gasteiger partial charge in [0, 0.05) is 21.3 Å². The maximum absolute atomic E-state index is 4.87. The van der Waals surface area contributed by atoms with Gasteiger partial charge in [0.05, 0.1) is 0 Å². The first-order chi connectivity index (χ1) is 3.85. The Morgan fingerprint density at radius 3 is 1.75 bits per heavy atom. The van der Waals surface area contributed by atoms with Gasteiger partial charge in [0.2, 0.25) is 9.76 Å². The SMILES string of the molecule is CO[SiH2]C(OC)OC. The molecule has 0 aliphatic heterocycles. The maximum Gasteiger partial charge on any atom is 0.223 e. The zero-order valence-corrected chi connectivity index (χ0v) is 6.92.